The first-order valence-electron chi connectivity index (χ1n) is 12.2. The van der Waals surface area contributed by atoms with Crippen molar-refractivity contribution in [3.63, 3.8) is 0 Å². The molecule has 0 bridgehead atoms. The van der Waals surface area contributed by atoms with Crippen LogP contribution in [0.5, 0.6) is 0 Å². The lowest BCUT2D eigenvalue weighted by Gasteiger charge is -2.34. The van der Waals surface area contributed by atoms with Gasteiger partial charge in [-0.2, -0.15) is 0 Å². The molecule has 2 fully saturated rings. The third kappa shape index (κ3) is 10.0. The third-order valence-electron chi connectivity index (χ3n) is 6.30. The Hall–Kier alpha value is -1.01. The summed E-state index contributed by atoms with van der Waals surface area (Å²) in [6.45, 7) is 13.5. The molecular formula is C24H42FIN6O. The van der Waals surface area contributed by atoms with Gasteiger partial charge in [0.1, 0.15) is 5.82 Å². The molecular weight excluding hydrogens is 534 g/mol. The molecule has 1 unspecified atom stereocenters. The summed E-state index contributed by atoms with van der Waals surface area (Å²) in [7, 11) is 2.20. The fraction of sp³-hybridized carbons (Fsp3) is 0.708. The number of benzene rings is 1. The largest absolute Gasteiger partial charge is 0.379 e. The standard InChI is InChI=1S/C24H41FN6O.HI/c1-3-26-24(27-10-4-5-11-30-14-12-29(2)13-15-30)28-20-23(31-16-18-32-19-17-31)21-6-8-22(25)9-7-21;/h6-9,23H,3-5,10-20H2,1-2H3,(H2,26,27,28);1H. The van der Waals surface area contributed by atoms with E-state index in [2.05, 4.69) is 39.3 Å². The Bertz CT molecular complexity index is 678. The van der Waals surface area contributed by atoms with Gasteiger partial charge in [-0.25, -0.2) is 4.39 Å². The maximum absolute atomic E-state index is 13.5. The van der Waals surface area contributed by atoms with Gasteiger partial charge in [-0.05, 0) is 51.1 Å². The number of aliphatic imine (C=N–C) groups is 1. The van der Waals surface area contributed by atoms with Crippen LogP contribution < -0.4 is 10.6 Å². The van der Waals surface area contributed by atoms with Crippen LogP contribution in [0.1, 0.15) is 31.4 Å². The second-order valence-corrected chi connectivity index (χ2v) is 8.71. The van der Waals surface area contributed by atoms with Crippen LogP contribution in [0.3, 0.4) is 0 Å². The highest BCUT2D eigenvalue weighted by molar-refractivity contribution is 14.0. The van der Waals surface area contributed by atoms with E-state index in [9.17, 15) is 4.39 Å². The Morgan fingerprint density at radius 2 is 1.73 bits per heavy atom. The first-order chi connectivity index (χ1) is 15.7. The van der Waals surface area contributed by atoms with Crippen LogP contribution in [0.4, 0.5) is 4.39 Å². The molecule has 33 heavy (non-hydrogen) atoms. The molecule has 9 heteroatoms. The molecule has 0 aromatic heterocycles. The number of guanidine groups is 1. The molecule has 2 N–H and O–H groups in total. The average molecular weight is 577 g/mol. The van der Waals surface area contributed by atoms with Gasteiger partial charge in [0.25, 0.3) is 0 Å². The number of nitrogens with one attached hydrogen (secondary N) is 2. The molecule has 2 aliphatic rings. The molecule has 188 valence electrons. The first kappa shape index (κ1) is 28.2. The molecule has 2 heterocycles. The molecule has 0 saturated carbocycles. The van der Waals surface area contributed by atoms with Crippen molar-refractivity contribution in [2.75, 3.05) is 85.7 Å². The van der Waals surface area contributed by atoms with E-state index in [1.54, 1.807) is 0 Å². The lowest BCUT2D eigenvalue weighted by atomic mass is 10.0. The fourth-order valence-electron chi connectivity index (χ4n) is 4.26. The number of rotatable bonds is 10. The highest BCUT2D eigenvalue weighted by atomic mass is 127. The molecule has 3 rings (SSSR count). The van der Waals surface area contributed by atoms with Gasteiger partial charge < -0.3 is 25.2 Å². The number of likely N-dealkylation sites (N-methyl/N-ethyl adjacent to an activating group) is 1. The molecule has 2 saturated heterocycles. The van der Waals surface area contributed by atoms with E-state index >= 15 is 0 Å². The lowest BCUT2D eigenvalue weighted by Crippen LogP contribution is -2.44. The van der Waals surface area contributed by atoms with Crippen LogP contribution in [0.25, 0.3) is 0 Å². The minimum Gasteiger partial charge on any atom is -0.379 e. The van der Waals surface area contributed by atoms with Gasteiger partial charge in [0, 0.05) is 52.4 Å². The van der Waals surface area contributed by atoms with E-state index < -0.39 is 0 Å². The van der Waals surface area contributed by atoms with Gasteiger partial charge in [-0.15, -0.1) is 24.0 Å². The highest BCUT2D eigenvalue weighted by Gasteiger charge is 2.22. The molecule has 0 amide bonds. The van der Waals surface area contributed by atoms with Crippen LogP contribution in [0, 0.1) is 5.82 Å². The molecule has 1 aromatic rings. The number of nitrogens with zero attached hydrogens (tertiary/aromatic N) is 4. The van der Waals surface area contributed by atoms with Crippen molar-refractivity contribution in [2.24, 2.45) is 4.99 Å². The van der Waals surface area contributed by atoms with Gasteiger partial charge >= 0.3 is 0 Å². The summed E-state index contributed by atoms with van der Waals surface area (Å²) < 4.78 is 19.0. The summed E-state index contributed by atoms with van der Waals surface area (Å²) in [5.41, 5.74) is 1.10. The van der Waals surface area contributed by atoms with Crippen molar-refractivity contribution < 1.29 is 9.13 Å². The van der Waals surface area contributed by atoms with Crippen LogP contribution in [-0.4, -0.2) is 106 Å². The number of ether oxygens (including phenoxy) is 1. The normalized spacial score (nSPS) is 19.7. The highest BCUT2D eigenvalue weighted by Crippen LogP contribution is 2.22. The Labute approximate surface area is 216 Å². The van der Waals surface area contributed by atoms with Crippen LogP contribution in [0.2, 0.25) is 0 Å². The van der Waals surface area contributed by atoms with E-state index in [1.165, 1.54) is 51.3 Å². The van der Waals surface area contributed by atoms with Crippen LogP contribution in [0.15, 0.2) is 29.3 Å². The lowest BCUT2D eigenvalue weighted by molar-refractivity contribution is 0.0179. The van der Waals surface area contributed by atoms with E-state index in [4.69, 9.17) is 9.73 Å². The number of hydrogen-bond acceptors (Lipinski definition) is 5. The smallest absolute Gasteiger partial charge is 0.191 e. The number of piperazine rings is 1. The average Bonchev–Trinajstić information content (AvgIpc) is 2.82. The summed E-state index contributed by atoms with van der Waals surface area (Å²) in [5.74, 6) is 0.650. The first-order valence-corrected chi connectivity index (χ1v) is 12.2. The predicted molar refractivity (Wildman–Crippen MR) is 144 cm³/mol. The number of morpholine rings is 1. The Morgan fingerprint density at radius 3 is 2.39 bits per heavy atom. The van der Waals surface area contributed by atoms with E-state index in [0.717, 1.165) is 57.3 Å². The second-order valence-electron chi connectivity index (χ2n) is 8.71. The van der Waals surface area contributed by atoms with Crippen molar-refractivity contribution in [3.8, 4) is 0 Å². The Morgan fingerprint density at radius 1 is 1.03 bits per heavy atom. The number of hydrogen-bond donors (Lipinski definition) is 2. The summed E-state index contributed by atoms with van der Waals surface area (Å²) in [5, 5.41) is 6.86. The summed E-state index contributed by atoms with van der Waals surface area (Å²) >= 11 is 0. The van der Waals surface area contributed by atoms with Crippen molar-refractivity contribution in [1.82, 2.24) is 25.3 Å². The summed E-state index contributed by atoms with van der Waals surface area (Å²) in [4.78, 5) is 12.2. The number of unbranched alkanes of at least 4 members (excludes halogenated alkanes) is 1. The molecule has 0 radical (unpaired) electrons. The van der Waals surface area contributed by atoms with Gasteiger partial charge in [0.15, 0.2) is 5.96 Å². The maximum Gasteiger partial charge on any atom is 0.191 e. The zero-order chi connectivity index (χ0) is 22.6. The SMILES string of the molecule is CCNC(=NCC(c1ccc(F)cc1)N1CCOCC1)NCCCCN1CCN(C)CC1.I. The van der Waals surface area contributed by atoms with E-state index in [0.29, 0.717) is 6.54 Å². The Balaban J connectivity index is 0.00000385. The molecule has 0 spiro atoms. The van der Waals surface area contributed by atoms with Crippen molar-refractivity contribution in [3.05, 3.63) is 35.6 Å². The third-order valence-corrected chi connectivity index (χ3v) is 6.30. The van der Waals surface area contributed by atoms with Gasteiger partial charge in [-0.1, -0.05) is 12.1 Å². The quantitative estimate of drug-likeness (QED) is 0.193. The predicted octanol–water partition coefficient (Wildman–Crippen LogP) is 2.40. The second kappa shape index (κ2) is 15.8. The van der Waals surface area contributed by atoms with Gasteiger partial charge in [0.05, 0.1) is 25.8 Å². The van der Waals surface area contributed by atoms with Crippen LogP contribution >= 0.6 is 24.0 Å². The summed E-state index contributed by atoms with van der Waals surface area (Å²) in [6.07, 6.45) is 2.32. The number of halogens is 2. The molecule has 0 aliphatic carbocycles. The summed E-state index contributed by atoms with van der Waals surface area (Å²) in [6, 6.07) is 6.95. The Kier molecular flexibility index (Phi) is 13.5. The van der Waals surface area contributed by atoms with Crippen molar-refractivity contribution in [1.29, 1.82) is 0 Å². The molecule has 1 atom stereocenters. The minimum atomic E-state index is -0.204. The molecule has 7 nitrogen and oxygen atoms in total. The van der Waals surface area contributed by atoms with E-state index in [1.807, 2.05) is 12.1 Å². The van der Waals surface area contributed by atoms with E-state index in [-0.39, 0.29) is 35.8 Å². The van der Waals surface area contributed by atoms with Crippen molar-refractivity contribution in [2.45, 2.75) is 25.8 Å². The van der Waals surface area contributed by atoms with Crippen molar-refractivity contribution >= 4 is 29.9 Å². The topological polar surface area (TPSA) is 55.4 Å². The van der Waals surface area contributed by atoms with Gasteiger partial charge in [-0.3, -0.25) is 9.89 Å². The molecule has 1 aromatic carbocycles. The van der Waals surface area contributed by atoms with Crippen LogP contribution in [-0.2, 0) is 4.74 Å². The minimum absolute atomic E-state index is 0. The zero-order valence-corrected chi connectivity index (χ0v) is 22.6. The molecule has 2 aliphatic heterocycles. The fourth-order valence-corrected chi connectivity index (χ4v) is 4.26. The maximum atomic E-state index is 13.5. The monoisotopic (exact) mass is 576 g/mol. The van der Waals surface area contributed by atoms with Gasteiger partial charge in [0.2, 0.25) is 0 Å². The zero-order valence-electron chi connectivity index (χ0n) is 20.3.